The first-order valence-electron chi connectivity index (χ1n) is 15.5. The molecule has 0 unspecified atom stereocenters. The number of benzene rings is 4. The molecule has 1 aliphatic rings. The highest BCUT2D eigenvalue weighted by molar-refractivity contribution is 7.22. The Morgan fingerprint density at radius 3 is 2.21 bits per heavy atom. The van der Waals surface area contributed by atoms with Gasteiger partial charge in [0, 0.05) is 42.8 Å². The Morgan fingerprint density at radius 2 is 1.50 bits per heavy atom. The topological polar surface area (TPSA) is 88.4 Å². The number of carbonyl (C=O) groups is 1. The number of halogens is 2. The van der Waals surface area contributed by atoms with Crippen molar-refractivity contribution in [2.24, 2.45) is 0 Å². The predicted octanol–water partition coefficient (Wildman–Crippen LogP) is 6.52. The number of fused-ring (bicyclic) bond motifs is 2. The van der Waals surface area contributed by atoms with E-state index in [0.29, 0.717) is 34.7 Å². The lowest BCUT2D eigenvalue weighted by Gasteiger charge is -2.29. The molecule has 48 heavy (non-hydrogen) atoms. The molecule has 11 heteroatoms. The molecule has 4 aromatic carbocycles. The molecule has 0 aliphatic carbocycles. The van der Waals surface area contributed by atoms with Crippen LogP contribution in [0.2, 0.25) is 0 Å². The Balaban J connectivity index is 1.47. The number of urea groups is 1. The summed E-state index contributed by atoms with van der Waals surface area (Å²) in [5.41, 5.74) is 3.45. The summed E-state index contributed by atoms with van der Waals surface area (Å²) in [6.45, 7) is 1.43. The summed E-state index contributed by atoms with van der Waals surface area (Å²) in [7, 11) is 1.53. The number of hydrogen-bond acceptors (Lipinski definition) is 5. The fourth-order valence-corrected chi connectivity index (χ4v) is 7.55. The quantitative estimate of drug-likeness (QED) is 0.204. The molecule has 0 saturated carbocycles. The summed E-state index contributed by atoms with van der Waals surface area (Å²) in [6, 6.07) is 27.3. The number of thiophene rings is 1. The monoisotopic (exact) mass is 663 g/mol. The molecule has 0 radical (unpaired) electrons. The maximum absolute atomic E-state index is 15.0. The SMILES string of the molecule is CNC(=O)Nc1ccc(-c2sc3c(c2CN2CCc4ccccc4C2)c(=O)n(-c2ccccc2)c(=O)n3Cc2c(F)cccc2F)cc1. The third kappa shape index (κ3) is 5.82. The Labute approximate surface area is 278 Å². The van der Waals surface area contributed by atoms with Crippen LogP contribution in [0.5, 0.6) is 0 Å². The van der Waals surface area contributed by atoms with E-state index >= 15 is 8.78 Å². The van der Waals surface area contributed by atoms with Crippen LogP contribution in [0.3, 0.4) is 0 Å². The third-order valence-corrected chi connectivity index (χ3v) is 9.99. The van der Waals surface area contributed by atoms with E-state index in [1.807, 2.05) is 24.3 Å². The lowest BCUT2D eigenvalue weighted by molar-refractivity contribution is 0.247. The Bertz CT molecular complexity index is 2260. The number of amides is 2. The number of nitrogens with one attached hydrogen (secondary N) is 2. The molecule has 2 amide bonds. The molecule has 0 bridgehead atoms. The lowest BCUT2D eigenvalue weighted by Crippen LogP contribution is -2.39. The summed E-state index contributed by atoms with van der Waals surface area (Å²) in [5.74, 6) is -1.56. The number of carbonyl (C=O) groups excluding carboxylic acids is 1. The van der Waals surface area contributed by atoms with Crippen molar-refractivity contribution in [1.82, 2.24) is 19.4 Å². The van der Waals surface area contributed by atoms with Gasteiger partial charge in [-0.25, -0.2) is 22.9 Å². The van der Waals surface area contributed by atoms with Crippen LogP contribution in [0, 0.1) is 11.6 Å². The summed E-state index contributed by atoms with van der Waals surface area (Å²) < 4.78 is 32.5. The minimum Gasteiger partial charge on any atom is -0.341 e. The zero-order chi connectivity index (χ0) is 33.4. The van der Waals surface area contributed by atoms with E-state index in [4.69, 9.17) is 0 Å². The molecule has 3 heterocycles. The fourth-order valence-electron chi connectivity index (χ4n) is 6.25. The van der Waals surface area contributed by atoms with Gasteiger partial charge in [-0.1, -0.05) is 60.7 Å². The van der Waals surface area contributed by atoms with Gasteiger partial charge < -0.3 is 10.6 Å². The molecular formula is C37H31F2N5O3S. The molecule has 242 valence electrons. The Kier molecular flexibility index (Phi) is 8.47. The van der Waals surface area contributed by atoms with Gasteiger partial charge in [0.1, 0.15) is 16.5 Å². The highest BCUT2D eigenvalue weighted by Gasteiger charge is 2.27. The van der Waals surface area contributed by atoms with Gasteiger partial charge in [0.2, 0.25) is 0 Å². The molecule has 0 saturated heterocycles. The lowest BCUT2D eigenvalue weighted by atomic mass is 9.99. The second-order valence-corrected chi connectivity index (χ2v) is 12.6. The van der Waals surface area contributed by atoms with Crippen LogP contribution in [0.15, 0.2) is 107 Å². The van der Waals surface area contributed by atoms with Gasteiger partial charge in [0.05, 0.1) is 17.6 Å². The third-order valence-electron chi connectivity index (χ3n) is 8.69. The zero-order valence-corrected chi connectivity index (χ0v) is 26.8. The van der Waals surface area contributed by atoms with Crippen molar-refractivity contribution in [3.05, 3.63) is 152 Å². The highest BCUT2D eigenvalue weighted by atomic mass is 32.1. The first kappa shape index (κ1) is 31.2. The van der Waals surface area contributed by atoms with Crippen LogP contribution in [-0.2, 0) is 26.1 Å². The van der Waals surface area contributed by atoms with Crippen molar-refractivity contribution >= 4 is 33.3 Å². The maximum Gasteiger partial charge on any atom is 0.337 e. The van der Waals surface area contributed by atoms with Crippen LogP contribution in [0.1, 0.15) is 22.3 Å². The molecule has 2 N–H and O–H groups in total. The molecule has 0 spiro atoms. The van der Waals surface area contributed by atoms with Gasteiger partial charge in [0.15, 0.2) is 0 Å². The zero-order valence-electron chi connectivity index (χ0n) is 26.0. The molecule has 0 atom stereocenters. The molecule has 6 aromatic rings. The summed E-state index contributed by atoms with van der Waals surface area (Å²) >= 11 is 1.24. The first-order chi connectivity index (χ1) is 23.3. The summed E-state index contributed by atoms with van der Waals surface area (Å²) in [5, 5.41) is 5.60. The second kappa shape index (κ2) is 13.0. The van der Waals surface area contributed by atoms with Crippen molar-refractivity contribution in [2.45, 2.75) is 26.1 Å². The molecule has 8 nitrogen and oxygen atoms in total. The average Bonchev–Trinajstić information content (AvgIpc) is 3.47. The van der Waals surface area contributed by atoms with Crippen LogP contribution >= 0.6 is 11.3 Å². The number of aromatic nitrogens is 2. The number of para-hydroxylation sites is 1. The summed E-state index contributed by atoms with van der Waals surface area (Å²) in [6.07, 6.45) is 0.846. The van der Waals surface area contributed by atoms with E-state index in [0.717, 1.165) is 45.7 Å². The number of hydrogen-bond donors (Lipinski definition) is 2. The fraction of sp³-hybridized carbons (Fsp3) is 0.162. The largest absolute Gasteiger partial charge is 0.341 e. The molecular weight excluding hydrogens is 633 g/mol. The average molecular weight is 664 g/mol. The predicted molar refractivity (Wildman–Crippen MR) is 185 cm³/mol. The van der Waals surface area contributed by atoms with Gasteiger partial charge in [-0.15, -0.1) is 11.3 Å². The number of nitrogens with zero attached hydrogens (tertiary/aromatic N) is 3. The van der Waals surface area contributed by atoms with Gasteiger partial charge in [-0.2, -0.15) is 0 Å². The standard InChI is InChI=1S/C37H31F2N5O3S/c1-40-36(46)41-26-16-14-24(15-17-26)33-29(21-42-19-18-23-8-5-6-9-25(23)20-42)32-34(45)44(27-10-3-2-4-11-27)37(47)43(35(32)48-33)22-28-30(38)12-7-13-31(28)39/h2-17H,18-22H2,1H3,(H2,40,41,46). The van der Waals surface area contributed by atoms with Crippen LogP contribution in [-0.4, -0.2) is 33.7 Å². The van der Waals surface area contributed by atoms with E-state index in [1.165, 1.54) is 40.1 Å². The van der Waals surface area contributed by atoms with E-state index in [9.17, 15) is 14.4 Å². The van der Waals surface area contributed by atoms with Crippen molar-refractivity contribution in [1.29, 1.82) is 0 Å². The Morgan fingerprint density at radius 1 is 0.812 bits per heavy atom. The van der Waals surface area contributed by atoms with Gasteiger partial charge in [0.25, 0.3) is 5.56 Å². The minimum absolute atomic E-state index is 0.270. The van der Waals surface area contributed by atoms with Crippen LogP contribution in [0.4, 0.5) is 19.3 Å². The first-order valence-corrected chi connectivity index (χ1v) is 16.3. The van der Waals surface area contributed by atoms with E-state index in [2.05, 4.69) is 27.7 Å². The normalized spacial score (nSPS) is 13.0. The molecule has 0 fully saturated rings. The van der Waals surface area contributed by atoms with E-state index in [1.54, 1.807) is 42.5 Å². The smallest absolute Gasteiger partial charge is 0.337 e. The number of rotatable bonds is 7. The van der Waals surface area contributed by atoms with E-state index in [-0.39, 0.29) is 11.6 Å². The van der Waals surface area contributed by atoms with Crippen LogP contribution in [0.25, 0.3) is 26.3 Å². The number of anilines is 1. The van der Waals surface area contributed by atoms with Crippen molar-refractivity contribution in [3.63, 3.8) is 0 Å². The van der Waals surface area contributed by atoms with Gasteiger partial charge in [-0.05, 0) is 65.1 Å². The van der Waals surface area contributed by atoms with Crippen molar-refractivity contribution < 1.29 is 13.6 Å². The molecule has 2 aromatic heterocycles. The van der Waals surface area contributed by atoms with Crippen molar-refractivity contribution in [3.8, 4) is 16.1 Å². The Hall–Kier alpha value is -5.39. The van der Waals surface area contributed by atoms with Crippen molar-refractivity contribution in [2.75, 3.05) is 18.9 Å². The second-order valence-electron chi connectivity index (χ2n) is 11.6. The van der Waals surface area contributed by atoms with E-state index < -0.39 is 29.4 Å². The maximum atomic E-state index is 15.0. The highest BCUT2D eigenvalue weighted by Crippen LogP contribution is 2.39. The van der Waals surface area contributed by atoms with Gasteiger partial charge >= 0.3 is 11.7 Å². The molecule has 1 aliphatic heterocycles. The van der Waals surface area contributed by atoms with Crippen LogP contribution < -0.4 is 21.9 Å². The van der Waals surface area contributed by atoms with Gasteiger partial charge in [-0.3, -0.25) is 14.3 Å². The minimum atomic E-state index is -0.782. The summed E-state index contributed by atoms with van der Waals surface area (Å²) in [4.78, 5) is 44.0. The molecule has 7 rings (SSSR count).